The SMILES string of the molecule is Cc1cc(N2CCOCC2)c2sc3ccccc3c2c1. The van der Waals surface area contributed by atoms with Gasteiger partial charge in [0.2, 0.25) is 0 Å². The Labute approximate surface area is 122 Å². The molecule has 1 aliphatic rings. The van der Waals surface area contributed by atoms with Crippen LogP contribution in [-0.4, -0.2) is 26.3 Å². The van der Waals surface area contributed by atoms with Crippen LogP contribution in [0.15, 0.2) is 36.4 Å². The van der Waals surface area contributed by atoms with E-state index in [9.17, 15) is 0 Å². The topological polar surface area (TPSA) is 12.5 Å². The van der Waals surface area contributed by atoms with Gasteiger partial charge in [-0.2, -0.15) is 0 Å². The van der Waals surface area contributed by atoms with E-state index >= 15 is 0 Å². The Morgan fingerprint density at radius 3 is 2.70 bits per heavy atom. The summed E-state index contributed by atoms with van der Waals surface area (Å²) in [6.07, 6.45) is 0. The zero-order chi connectivity index (χ0) is 13.5. The van der Waals surface area contributed by atoms with E-state index in [-0.39, 0.29) is 0 Å². The number of anilines is 1. The molecule has 0 radical (unpaired) electrons. The molecule has 0 saturated carbocycles. The minimum Gasteiger partial charge on any atom is -0.378 e. The largest absolute Gasteiger partial charge is 0.378 e. The molecule has 1 fully saturated rings. The zero-order valence-electron chi connectivity index (χ0n) is 11.6. The van der Waals surface area contributed by atoms with E-state index in [1.54, 1.807) is 0 Å². The van der Waals surface area contributed by atoms with Gasteiger partial charge in [0.15, 0.2) is 0 Å². The van der Waals surface area contributed by atoms with Crippen molar-refractivity contribution in [1.29, 1.82) is 0 Å². The number of nitrogens with zero attached hydrogens (tertiary/aromatic N) is 1. The van der Waals surface area contributed by atoms with Crippen LogP contribution in [-0.2, 0) is 4.74 Å². The lowest BCUT2D eigenvalue weighted by atomic mass is 10.1. The number of fused-ring (bicyclic) bond motifs is 3. The second-order valence-corrected chi connectivity index (χ2v) is 6.41. The van der Waals surface area contributed by atoms with E-state index in [0.29, 0.717) is 0 Å². The van der Waals surface area contributed by atoms with Gasteiger partial charge in [-0.15, -0.1) is 11.3 Å². The van der Waals surface area contributed by atoms with Crippen molar-refractivity contribution in [2.45, 2.75) is 6.92 Å². The summed E-state index contributed by atoms with van der Waals surface area (Å²) in [7, 11) is 0. The van der Waals surface area contributed by atoms with Gasteiger partial charge in [-0.05, 0) is 30.7 Å². The van der Waals surface area contributed by atoms with E-state index in [0.717, 1.165) is 26.3 Å². The molecule has 0 amide bonds. The molecular weight excluding hydrogens is 266 g/mol. The molecule has 2 aromatic carbocycles. The molecule has 1 saturated heterocycles. The first-order valence-electron chi connectivity index (χ1n) is 7.07. The third-order valence-electron chi connectivity index (χ3n) is 3.95. The number of hydrogen-bond donors (Lipinski definition) is 0. The third kappa shape index (κ3) is 1.89. The van der Waals surface area contributed by atoms with E-state index in [1.807, 2.05) is 11.3 Å². The second kappa shape index (κ2) is 4.76. The van der Waals surface area contributed by atoms with Crippen molar-refractivity contribution in [1.82, 2.24) is 0 Å². The highest BCUT2D eigenvalue weighted by atomic mass is 32.1. The summed E-state index contributed by atoms with van der Waals surface area (Å²) < 4.78 is 8.28. The molecule has 3 heteroatoms. The van der Waals surface area contributed by atoms with Crippen LogP contribution >= 0.6 is 11.3 Å². The normalized spacial score (nSPS) is 16.1. The maximum Gasteiger partial charge on any atom is 0.0642 e. The molecule has 0 unspecified atom stereocenters. The van der Waals surface area contributed by atoms with Crippen molar-refractivity contribution in [3.05, 3.63) is 42.0 Å². The molecule has 2 nitrogen and oxygen atoms in total. The van der Waals surface area contributed by atoms with E-state index in [4.69, 9.17) is 4.74 Å². The number of morpholine rings is 1. The van der Waals surface area contributed by atoms with Gasteiger partial charge in [-0.25, -0.2) is 0 Å². The van der Waals surface area contributed by atoms with Gasteiger partial charge in [0, 0.05) is 28.6 Å². The predicted molar refractivity (Wildman–Crippen MR) is 87.1 cm³/mol. The monoisotopic (exact) mass is 283 g/mol. The summed E-state index contributed by atoms with van der Waals surface area (Å²) in [6, 6.07) is 13.3. The molecule has 1 aliphatic heterocycles. The molecule has 3 aromatic rings. The first-order chi connectivity index (χ1) is 9.83. The Balaban J connectivity index is 1.99. The average Bonchev–Trinajstić information content (AvgIpc) is 2.86. The first kappa shape index (κ1) is 12.2. The average molecular weight is 283 g/mol. The molecule has 0 bridgehead atoms. The Morgan fingerprint density at radius 2 is 1.85 bits per heavy atom. The van der Waals surface area contributed by atoms with Crippen LogP contribution < -0.4 is 4.90 Å². The number of hydrogen-bond acceptors (Lipinski definition) is 3. The van der Waals surface area contributed by atoms with E-state index < -0.39 is 0 Å². The summed E-state index contributed by atoms with van der Waals surface area (Å²) in [5, 5.41) is 2.78. The molecular formula is C17H17NOS. The number of ether oxygens (including phenoxy) is 1. The first-order valence-corrected chi connectivity index (χ1v) is 7.89. The quantitative estimate of drug-likeness (QED) is 0.663. The predicted octanol–water partition coefficient (Wildman–Crippen LogP) is 4.20. The molecule has 0 atom stereocenters. The lowest BCUT2D eigenvalue weighted by Gasteiger charge is -2.29. The molecule has 0 N–H and O–H groups in total. The molecule has 0 aliphatic carbocycles. The van der Waals surface area contributed by atoms with Crippen molar-refractivity contribution in [3.8, 4) is 0 Å². The zero-order valence-corrected chi connectivity index (χ0v) is 12.4. The van der Waals surface area contributed by atoms with Gasteiger partial charge >= 0.3 is 0 Å². The summed E-state index contributed by atoms with van der Waals surface area (Å²) in [6.45, 7) is 5.84. The highest BCUT2D eigenvalue weighted by Gasteiger charge is 2.17. The van der Waals surface area contributed by atoms with Crippen LogP contribution in [0, 0.1) is 6.92 Å². The molecule has 2 heterocycles. The van der Waals surface area contributed by atoms with Crippen LogP contribution in [0.25, 0.3) is 20.2 Å². The smallest absolute Gasteiger partial charge is 0.0642 e. The standard InChI is InChI=1S/C17H17NOS/c1-12-10-14-13-4-2-3-5-16(13)20-17(14)15(11-12)18-6-8-19-9-7-18/h2-5,10-11H,6-9H2,1H3. The molecule has 1 aromatic heterocycles. The Hall–Kier alpha value is -1.58. The maximum absolute atomic E-state index is 5.48. The van der Waals surface area contributed by atoms with Gasteiger partial charge in [-0.1, -0.05) is 18.2 Å². The van der Waals surface area contributed by atoms with Gasteiger partial charge in [0.1, 0.15) is 0 Å². The van der Waals surface area contributed by atoms with Crippen molar-refractivity contribution >= 4 is 37.2 Å². The van der Waals surface area contributed by atoms with E-state index in [2.05, 4.69) is 48.2 Å². The molecule has 20 heavy (non-hydrogen) atoms. The Kier molecular flexibility index (Phi) is 2.90. The van der Waals surface area contributed by atoms with Crippen LogP contribution in [0.1, 0.15) is 5.56 Å². The van der Waals surface area contributed by atoms with Gasteiger partial charge in [0.05, 0.1) is 23.6 Å². The minimum absolute atomic E-state index is 0.834. The third-order valence-corrected chi connectivity index (χ3v) is 5.16. The van der Waals surface area contributed by atoms with Crippen LogP contribution in [0.4, 0.5) is 5.69 Å². The second-order valence-electron chi connectivity index (χ2n) is 5.36. The van der Waals surface area contributed by atoms with Crippen molar-refractivity contribution in [2.75, 3.05) is 31.2 Å². The fourth-order valence-corrected chi connectivity index (χ4v) is 4.21. The number of rotatable bonds is 1. The van der Waals surface area contributed by atoms with Gasteiger partial charge in [-0.3, -0.25) is 0 Å². The minimum atomic E-state index is 0.834. The fraction of sp³-hybridized carbons (Fsp3) is 0.294. The fourth-order valence-electron chi connectivity index (χ4n) is 2.99. The summed E-state index contributed by atoms with van der Waals surface area (Å²) in [5.41, 5.74) is 2.71. The highest BCUT2D eigenvalue weighted by molar-refractivity contribution is 7.26. The molecule has 0 spiro atoms. The maximum atomic E-state index is 5.48. The van der Waals surface area contributed by atoms with Gasteiger partial charge in [0.25, 0.3) is 0 Å². The van der Waals surface area contributed by atoms with Crippen LogP contribution in [0.2, 0.25) is 0 Å². The van der Waals surface area contributed by atoms with Crippen molar-refractivity contribution in [2.24, 2.45) is 0 Å². The Morgan fingerprint density at radius 1 is 1.05 bits per heavy atom. The highest BCUT2D eigenvalue weighted by Crippen LogP contribution is 2.40. The summed E-state index contributed by atoms with van der Waals surface area (Å²) in [5.74, 6) is 0. The van der Waals surface area contributed by atoms with Crippen molar-refractivity contribution < 1.29 is 4.74 Å². The number of thiophene rings is 1. The van der Waals surface area contributed by atoms with Crippen LogP contribution in [0.5, 0.6) is 0 Å². The lowest BCUT2D eigenvalue weighted by molar-refractivity contribution is 0.123. The van der Waals surface area contributed by atoms with E-state index in [1.165, 1.54) is 31.4 Å². The van der Waals surface area contributed by atoms with Crippen LogP contribution in [0.3, 0.4) is 0 Å². The van der Waals surface area contributed by atoms with Gasteiger partial charge < -0.3 is 9.64 Å². The lowest BCUT2D eigenvalue weighted by Crippen LogP contribution is -2.36. The molecule has 102 valence electrons. The summed E-state index contributed by atoms with van der Waals surface area (Å²) >= 11 is 1.91. The number of benzene rings is 2. The molecule has 4 rings (SSSR count). The van der Waals surface area contributed by atoms with Crippen molar-refractivity contribution in [3.63, 3.8) is 0 Å². The Bertz CT molecular complexity index is 771. The number of aryl methyl sites for hydroxylation is 1. The summed E-state index contributed by atoms with van der Waals surface area (Å²) in [4.78, 5) is 2.47.